The average molecular weight is 273 g/mol. The standard InChI is InChI=1S/C9H10N2O3Se/c1-10(2)9(12)15-8-5-3-7(4-6-8)11(13)14/h3-6H,1-2H3. The second kappa shape index (κ2) is 4.91. The van der Waals surface area contributed by atoms with Gasteiger partial charge in [0.25, 0.3) is 0 Å². The quantitative estimate of drug-likeness (QED) is 0.460. The van der Waals surface area contributed by atoms with E-state index < -0.39 is 4.92 Å². The third-order valence-electron chi connectivity index (χ3n) is 1.62. The SMILES string of the molecule is CN(C)C(=O)[Se]c1ccc([N+](=O)[O-])cc1. The summed E-state index contributed by atoms with van der Waals surface area (Å²) in [6, 6.07) is 6.08. The van der Waals surface area contributed by atoms with Crippen molar-refractivity contribution in [3.63, 3.8) is 0 Å². The minimum atomic E-state index is -0.454. The minimum absolute atomic E-state index is 0.0383. The van der Waals surface area contributed by atoms with Crippen LogP contribution in [-0.2, 0) is 0 Å². The van der Waals surface area contributed by atoms with Gasteiger partial charge in [0.15, 0.2) is 0 Å². The first-order chi connectivity index (χ1) is 7.00. The van der Waals surface area contributed by atoms with Crippen LogP contribution < -0.4 is 4.46 Å². The van der Waals surface area contributed by atoms with Crippen molar-refractivity contribution in [1.82, 2.24) is 4.90 Å². The van der Waals surface area contributed by atoms with Gasteiger partial charge in [0, 0.05) is 0 Å². The number of carbonyl (C=O) groups excluding carboxylic acids is 1. The molecule has 0 unspecified atom stereocenters. The van der Waals surface area contributed by atoms with Gasteiger partial charge < -0.3 is 0 Å². The van der Waals surface area contributed by atoms with Crippen LogP contribution in [0, 0.1) is 10.1 Å². The maximum absolute atomic E-state index is 11.4. The monoisotopic (exact) mass is 274 g/mol. The topological polar surface area (TPSA) is 63.5 Å². The molecule has 6 heteroatoms. The summed E-state index contributed by atoms with van der Waals surface area (Å²) in [7, 11) is 3.38. The van der Waals surface area contributed by atoms with Gasteiger partial charge in [0.1, 0.15) is 0 Å². The molecular formula is C9H10N2O3Se. The zero-order valence-corrected chi connectivity index (χ0v) is 10.0. The molecule has 0 aliphatic rings. The van der Waals surface area contributed by atoms with Gasteiger partial charge >= 0.3 is 93.0 Å². The number of hydrogen-bond donors (Lipinski definition) is 0. The number of nitrogens with zero attached hydrogens (tertiary/aromatic N) is 2. The van der Waals surface area contributed by atoms with Gasteiger partial charge in [0.2, 0.25) is 0 Å². The third kappa shape index (κ3) is 3.34. The van der Waals surface area contributed by atoms with Crippen LogP contribution in [0.3, 0.4) is 0 Å². The van der Waals surface area contributed by atoms with Gasteiger partial charge in [-0.3, -0.25) is 0 Å². The summed E-state index contributed by atoms with van der Waals surface area (Å²) < 4.78 is 0.840. The fraction of sp³-hybridized carbons (Fsp3) is 0.222. The van der Waals surface area contributed by atoms with Crippen molar-refractivity contribution in [2.45, 2.75) is 0 Å². The molecule has 80 valence electrons. The summed E-state index contributed by atoms with van der Waals surface area (Å²) >= 11 is -0.307. The van der Waals surface area contributed by atoms with E-state index in [-0.39, 0.29) is 25.4 Å². The molecule has 0 fully saturated rings. The predicted molar refractivity (Wildman–Crippen MR) is 57.6 cm³/mol. The molecule has 0 atom stereocenters. The normalized spacial score (nSPS) is 9.73. The van der Waals surface area contributed by atoms with Crippen LogP contribution in [0.5, 0.6) is 0 Å². The van der Waals surface area contributed by atoms with Gasteiger partial charge in [-0.1, -0.05) is 0 Å². The van der Waals surface area contributed by atoms with E-state index in [1.165, 1.54) is 17.0 Å². The van der Waals surface area contributed by atoms with Crippen molar-refractivity contribution in [3.8, 4) is 0 Å². The first-order valence-corrected chi connectivity index (χ1v) is 5.85. The summed E-state index contributed by atoms with van der Waals surface area (Å²) in [6.45, 7) is 0. The van der Waals surface area contributed by atoms with E-state index in [2.05, 4.69) is 0 Å². The Bertz CT molecular complexity index is 375. The molecule has 1 amide bonds. The van der Waals surface area contributed by atoms with E-state index in [0.29, 0.717) is 0 Å². The summed E-state index contributed by atoms with van der Waals surface area (Å²) in [6.07, 6.45) is 0. The fourth-order valence-corrected chi connectivity index (χ4v) is 2.21. The van der Waals surface area contributed by atoms with Crippen LogP contribution in [0.25, 0.3) is 0 Å². The summed E-state index contributed by atoms with van der Waals surface area (Å²) in [5.74, 6) is 0. The van der Waals surface area contributed by atoms with Gasteiger partial charge in [-0.2, -0.15) is 0 Å². The van der Waals surface area contributed by atoms with Crippen LogP contribution in [0.2, 0.25) is 0 Å². The molecule has 15 heavy (non-hydrogen) atoms. The molecule has 0 saturated heterocycles. The van der Waals surface area contributed by atoms with Crippen LogP contribution >= 0.6 is 0 Å². The van der Waals surface area contributed by atoms with Gasteiger partial charge in [0.05, 0.1) is 0 Å². The number of amides is 1. The second-order valence-electron chi connectivity index (χ2n) is 3.01. The maximum atomic E-state index is 11.4. The van der Waals surface area contributed by atoms with E-state index in [4.69, 9.17) is 0 Å². The molecule has 0 aliphatic heterocycles. The molecule has 0 aromatic heterocycles. The van der Waals surface area contributed by atoms with E-state index >= 15 is 0 Å². The Kier molecular flexibility index (Phi) is 3.82. The molecule has 5 nitrogen and oxygen atoms in total. The Morgan fingerprint density at radius 2 is 1.87 bits per heavy atom. The molecule has 0 saturated carbocycles. The molecule has 0 heterocycles. The van der Waals surface area contributed by atoms with Gasteiger partial charge in [-0.25, -0.2) is 0 Å². The van der Waals surface area contributed by atoms with E-state index in [1.54, 1.807) is 26.2 Å². The number of hydrogen-bond acceptors (Lipinski definition) is 3. The summed E-state index contributed by atoms with van der Waals surface area (Å²) in [5.41, 5.74) is 0.0480. The molecule has 0 spiro atoms. The van der Waals surface area contributed by atoms with Crippen molar-refractivity contribution in [2.75, 3.05) is 14.1 Å². The van der Waals surface area contributed by atoms with E-state index in [0.717, 1.165) is 4.46 Å². The molecule has 0 radical (unpaired) electrons. The van der Waals surface area contributed by atoms with Crippen molar-refractivity contribution < 1.29 is 9.72 Å². The number of non-ortho nitro benzene ring substituents is 1. The number of benzene rings is 1. The van der Waals surface area contributed by atoms with E-state index in [9.17, 15) is 14.9 Å². The number of rotatable bonds is 3. The zero-order chi connectivity index (χ0) is 11.4. The predicted octanol–water partition coefficient (Wildman–Crippen LogP) is 0.606. The number of nitro groups is 1. The first-order valence-electron chi connectivity index (χ1n) is 4.14. The van der Waals surface area contributed by atoms with Crippen molar-refractivity contribution >= 4 is 29.9 Å². The molecule has 1 aromatic carbocycles. The molecular weight excluding hydrogens is 263 g/mol. The van der Waals surface area contributed by atoms with Crippen LogP contribution in [0.1, 0.15) is 0 Å². The van der Waals surface area contributed by atoms with Crippen molar-refractivity contribution in [1.29, 1.82) is 0 Å². The number of carbonyl (C=O) groups is 1. The molecule has 1 rings (SSSR count). The van der Waals surface area contributed by atoms with Crippen LogP contribution in [0.4, 0.5) is 10.5 Å². The van der Waals surface area contributed by atoms with Crippen molar-refractivity contribution in [3.05, 3.63) is 34.4 Å². The Morgan fingerprint density at radius 1 is 1.33 bits per heavy atom. The second-order valence-corrected chi connectivity index (χ2v) is 5.16. The Labute approximate surface area is 93.4 Å². The van der Waals surface area contributed by atoms with Crippen LogP contribution in [-0.4, -0.2) is 43.7 Å². The Morgan fingerprint density at radius 3 is 2.27 bits per heavy atom. The summed E-state index contributed by atoms with van der Waals surface area (Å²) in [4.78, 5) is 22.8. The van der Waals surface area contributed by atoms with Crippen LogP contribution in [0.15, 0.2) is 24.3 Å². The first kappa shape index (κ1) is 11.7. The fourth-order valence-electron chi connectivity index (χ4n) is 0.828. The molecule has 1 aromatic rings. The van der Waals surface area contributed by atoms with E-state index in [1.807, 2.05) is 0 Å². The third-order valence-corrected chi connectivity index (χ3v) is 3.82. The number of nitro benzene ring substituents is 1. The van der Waals surface area contributed by atoms with Gasteiger partial charge in [-0.05, 0) is 0 Å². The Hall–Kier alpha value is -1.39. The Balaban J connectivity index is 2.73. The zero-order valence-electron chi connectivity index (χ0n) is 8.34. The molecule has 0 bridgehead atoms. The summed E-state index contributed by atoms with van der Waals surface area (Å²) in [5, 5.41) is 10.4. The molecule has 0 N–H and O–H groups in total. The van der Waals surface area contributed by atoms with Crippen molar-refractivity contribution in [2.24, 2.45) is 0 Å². The average Bonchev–Trinajstić information content (AvgIpc) is 2.18. The van der Waals surface area contributed by atoms with Gasteiger partial charge in [-0.15, -0.1) is 0 Å². The molecule has 0 aliphatic carbocycles.